The van der Waals surface area contributed by atoms with Gasteiger partial charge in [-0.15, -0.1) is 11.3 Å². The van der Waals surface area contributed by atoms with Gasteiger partial charge in [-0.05, 0) is 203 Å². The number of allylic oxidation sites excluding steroid dienone is 6. The Morgan fingerprint density at radius 3 is 1.64 bits per heavy atom. The SMILES string of the molecule is CC1(C)CCC(C)(C)C2=CC(N3c4cc5c(cc4B4c6sc7cc8c(cc7c6N(c6ccc([Si](c7ccccc7)(c7ccccc7)C7C=CC=CC7)cc6)c6cc(C(C)(C)C)cc3c64)C(C)(C)CCC8(C)C)C(C)(C)CCC5(C)C)CC=C21. The summed E-state index contributed by atoms with van der Waals surface area (Å²) in [5.74, 6) is 0. The molecule has 1 aromatic heterocycles. The maximum Gasteiger partial charge on any atom is 0.264 e. The highest BCUT2D eigenvalue weighted by atomic mass is 32.1. The molecular formula is C78H89BN2SSi. The van der Waals surface area contributed by atoms with Crippen molar-refractivity contribution >= 4 is 95.9 Å². The molecule has 5 aliphatic carbocycles. The molecular weight excluding hydrogens is 1040 g/mol. The summed E-state index contributed by atoms with van der Waals surface area (Å²) in [5.41, 5.74) is 21.2. The average molecular weight is 1130 g/mol. The Balaban J connectivity index is 1.08. The fourth-order valence-corrected chi connectivity index (χ4v) is 23.7. The van der Waals surface area contributed by atoms with Gasteiger partial charge < -0.3 is 9.80 Å². The van der Waals surface area contributed by atoms with Crippen molar-refractivity contribution in [1.82, 2.24) is 0 Å². The number of nitrogens with zero attached hydrogens (tertiary/aromatic N) is 2. The topological polar surface area (TPSA) is 6.48 Å². The van der Waals surface area contributed by atoms with E-state index in [1.54, 1.807) is 27.8 Å². The number of fused-ring (bicyclic) bond motifs is 9. The number of thiophene rings is 1. The van der Waals surface area contributed by atoms with Gasteiger partial charge in [0.2, 0.25) is 0 Å². The zero-order valence-corrected chi connectivity index (χ0v) is 54.5. The average Bonchev–Trinajstić information content (AvgIpc) is 1.92. The molecule has 0 N–H and O–H groups in total. The van der Waals surface area contributed by atoms with Gasteiger partial charge in [0.05, 0.1) is 11.7 Å². The van der Waals surface area contributed by atoms with E-state index in [0.717, 1.165) is 12.8 Å². The predicted molar refractivity (Wildman–Crippen MR) is 365 cm³/mol. The summed E-state index contributed by atoms with van der Waals surface area (Å²) >= 11 is 2.10. The molecule has 0 spiro atoms. The summed E-state index contributed by atoms with van der Waals surface area (Å²) in [7, 11) is -2.67. The van der Waals surface area contributed by atoms with E-state index in [0.29, 0.717) is 5.54 Å². The third-order valence-electron chi connectivity index (χ3n) is 22.5. The van der Waals surface area contributed by atoms with Crippen LogP contribution >= 0.6 is 11.3 Å². The molecule has 1 saturated carbocycles. The van der Waals surface area contributed by atoms with Gasteiger partial charge >= 0.3 is 0 Å². The van der Waals surface area contributed by atoms with Crippen LogP contribution in [0.1, 0.15) is 183 Å². The number of anilines is 5. The van der Waals surface area contributed by atoms with Crippen molar-refractivity contribution in [1.29, 1.82) is 0 Å². The van der Waals surface area contributed by atoms with Crippen molar-refractivity contribution in [3.05, 3.63) is 197 Å². The normalized spacial score (nSPS) is 22.8. The fourth-order valence-electron chi connectivity index (χ4n) is 17.0. The first kappa shape index (κ1) is 55.0. The highest BCUT2D eigenvalue weighted by Gasteiger charge is 2.52. The van der Waals surface area contributed by atoms with Crippen molar-refractivity contribution in [2.75, 3.05) is 9.80 Å². The van der Waals surface area contributed by atoms with E-state index in [-0.39, 0.29) is 50.7 Å². The van der Waals surface area contributed by atoms with Crippen molar-refractivity contribution in [2.45, 2.75) is 194 Å². The highest BCUT2D eigenvalue weighted by Crippen LogP contribution is 2.57. The van der Waals surface area contributed by atoms with Crippen LogP contribution in [0.2, 0.25) is 5.54 Å². The third kappa shape index (κ3) is 8.33. The first-order chi connectivity index (χ1) is 39.2. The van der Waals surface area contributed by atoms with E-state index in [1.807, 2.05) is 0 Å². The molecule has 2 atom stereocenters. The molecule has 14 rings (SSSR count). The van der Waals surface area contributed by atoms with Gasteiger partial charge in [-0.3, -0.25) is 0 Å². The van der Waals surface area contributed by atoms with Gasteiger partial charge in [0.25, 0.3) is 6.71 Å². The van der Waals surface area contributed by atoms with Crippen LogP contribution in [0.5, 0.6) is 0 Å². The molecule has 3 heterocycles. The maximum absolute atomic E-state index is 2.91. The lowest BCUT2D eigenvalue weighted by Crippen LogP contribution is -2.69. The minimum absolute atomic E-state index is 0.0511. The molecule has 6 aromatic carbocycles. The second-order valence-electron chi connectivity index (χ2n) is 31.5. The van der Waals surface area contributed by atoms with Crippen molar-refractivity contribution < 1.29 is 0 Å². The second kappa shape index (κ2) is 18.6. The van der Waals surface area contributed by atoms with Gasteiger partial charge in [0, 0.05) is 37.6 Å². The fraction of sp³-hybridized carbons (Fsp3) is 0.410. The summed E-state index contributed by atoms with van der Waals surface area (Å²) in [6, 6.07) is 49.8. The Bertz CT molecular complexity index is 3890. The van der Waals surface area contributed by atoms with E-state index >= 15 is 0 Å². The van der Waals surface area contributed by atoms with Gasteiger partial charge in [-0.2, -0.15) is 0 Å². The lowest BCUT2D eigenvalue weighted by atomic mass is 9.35. The number of hydrogen-bond acceptors (Lipinski definition) is 3. The Hall–Kier alpha value is -5.88. The van der Waals surface area contributed by atoms with E-state index in [2.05, 4.69) is 283 Å². The van der Waals surface area contributed by atoms with Gasteiger partial charge in [0.15, 0.2) is 8.07 Å². The Labute approximate surface area is 504 Å². The van der Waals surface area contributed by atoms with Crippen molar-refractivity contribution in [2.24, 2.45) is 10.8 Å². The molecule has 0 amide bonds. The lowest BCUT2D eigenvalue weighted by Gasteiger charge is -2.50. The zero-order valence-electron chi connectivity index (χ0n) is 52.7. The van der Waals surface area contributed by atoms with Crippen LogP contribution in [-0.2, 0) is 27.1 Å². The second-order valence-corrected chi connectivity index (χ2v) is 36.7. The van der Waals surface area contributed by atoms with Crippen LogP contribution in [0.3, 0.4) is 0 Å². The largest absolute Gasteiger partial charge is 0.335 e. The number of hydrogen-bond donors (Lipinski definition) is 0. The molecule has 1 fully saturated rings. The number of rotatable bonds is 6. The molecule has 83 heavy (non-hydrogen) atoms. The zero-order chi connectivity index (χ0) is 58.2. The minimum atomic E-state index is -2.67. The van der Waals surface area contributed by atoms with E-state index < -0.39 is 8.07 Å². The Morgan fingerprint density at radius 1 is 0.530 bits per heavy atom. The maximum atomic E-state index is 2.91. The molecule has 0 bridgehead atoms. The number of benzene rings is 6. The smallest absolute Gasteiger partial charge is 0.264 e. The molecule has 0 radical (unpaired) electrons. The van der Waals surface area contributed by atoms with E-state index in [4.69, 9.17) is 0 Å². The highest BCUT2D eigenvalue weighted by molar-refractivity contribution is 7.33. The van der Waals surface area contributed by atoms with Gasteiger partial charge in [-0.25, -0.2) is 0 Å². The van der Waals surface area contributed by atoms with E-state index in [9.17, 15) is 0 Å². The molecule has 424 valence electrons. The van der Waals surface area contributed by atoms with E-state index in [1.165, 1.54) is 119 Å². The predicted octanol–water partition coefficient (Wildman–Crippen LogP) is 17.5. The Morgan fingerprint density at radius 2 is 1.06 bits per heavy atom. The molecule has 2 nitrogen and oxygen atoms in total. The first-order valence-corrected chi connectivity index (χ1v) is 34.7. The Kier molecular flexibility index (Phi) is 12.3. The lowest BCUT2D eigenvalue weighted by molar-refractivity contribution is 0.256. The summed E-state index contributed by atoms with van der Waals surface area (Å²) in [6.45, 7) is 37.6. The van der Waals surface area contributed by atoms with Crippen LogP contribution < -0.4 is 41.1 Å². The van der Waals surface area contributed by atoms with Crippen LogP contribution in [0.4, 0.5) is 28.4 Å². The molecule has 5 heteroatoms. The summed E-state index contributed by atoms with van der Waals surface area (Å²) in [5, 5.41) is 5.79. The van der Waals surface area contributed by atoms with Crippen LogP contribution in [0, 0.1) is 10.8 Å². The molecule has 0 saturated heterocycles. The third-order valence-corrected chi connectivity index (χ3v) is 28.9. The van der Waals surface area contributed by atoms with Crippen LogP contribution in [-0.4, -0.2) is 20.8 Å². The van der Waals surface area contributed by atoms with Crippen LogP contribution in [0.25, 0.3) is 10.1 Å². The minimum Gasteiger partial charge on any atom is -0.335 e. The first-order valence-electron chi connectivity index (χ1n) is 31.8. The standard InChI is InChI=1S/C78H89BN2SSi/c1-72(2,3)50-43-66-69-67(44-50)81(51-31-34-56(35-32-51)83(53-25-19-16-20-26-53,54-27-21-17-22-28-54)55-29-23-18-24-30-55)70-57-46-60-63(78(14,15)42-39-75(60,8)9)49-68(57)82-71(70)79(69)64-47-61-62(77(12,13)41-40-76(61,10)11)48-65(64)80(66)52-33-36-58-59(45-52)74(6,7)38-37-73(58,4)5/h16-29,31-32,34-36,43-49,52,55H,30,33,37-42H2,1-15H3. The summed E-state index contributed by atoms with van der Waals surface area (Å²) < 4.78 is 2.91. The molecule has 7 aromatic rings. The quantitative estimate of drug-likeness (QED) is 0.121. The van der Waals surface area contributed by atoms with Gasteiger partial charge in [0.1, 0.15) is 0 Å². The molecule has 2 unspecified atom stereocenters. The van der Waals surface area contributed by atoms with Gasteiger partial charge in [-0.1, -0.05) is 219 Å². The monoisotopic (exact) mass is 1120 g/mol. The van der Waals surface area contributed by atoms with Crippen LogP contribution in [0.15, 0.2) is 169 Å². The summed E-state index contributed by atoms with van der Waals surface area (Å²) in [6.07, 6.45) is 24.1. The molecule has 7 aliphatic rings. The van der Waals surface area contributed by atoms with Crippen molar-refractivity contribution in [3.63, 3.8) is 0 Å². The van der Waals surface area contributed by atoms with Crippen molar-refractivity contribution in [3.8, 4) is 0 Å². The molecule has 2 aliphatic heterocycles. The summed E-state index contributed by atoms with van der Waals surface area (Å²) in [4.78, 5) is 5.71.